The summed E-state index contributed by atoms with van der Waals surface area (Å²) in [5.74, 6) is 0.167. The van der Waals surface area contributed by atoms with Gasteiger partial charge in [0, 0.05) is 31.4 Å². The number of carbonyl (C=O) groups excluding carboxylic acids is 1. The van der Waals surface area contributed by atoms with Gasteiger partial charge in [-0.15, -0.1) is 11.3 Å². The van der Waals surface area contributed by atoms with E-state index in [0.717, 1.165) is 53.0 Å². The molecule has 3 aliphatic heterocycles. The van der Waals surface area contributed by atoms with Gasteiger partial charge in [0.15, 0.2) is 0 Å². The normalized spacial score (nSPS) is 23.9. The summed E-state index contributed by atoms with van der Waals surface area (Å²) in [5.41, 5.74) is 9.27. The van der Waals surface area contributed by atoms with Gasteiger partial charge in [-0.2, -0.15) is 0 Å². The van der Waals surface area contributed by atoms with E-state index in [4.69, 9.17) is 5.73 Å². The molecule has 1 amide bonds. The van der Waals surface area contributed by atoms with Gasteiger partial charge in [0.25, 0.3) is 5.91 Å². The molecule has 2 atom stereocenters. The van der Waals surface area contributed by atoms with Crippen LogP contribution in [0.25, 0.3) is 15.5 Å². The fraction of sp³-hybridized carbons (Fsp3) is 0.333. The van der Waals surface area contributed by atoms with Gasteiger partial charge in [0.05, 0.1) is 26.7 Å². The third-order valence-electron chi connectivity index (χ3n) is 5.56. The van der Waals surface area contributed by atoms with Crippen molar-refractivity contribution < 1.29 is 4.79 Å². The highest BCUT2D eigenvalue weighted by molar-refractivity contribution is 7.51. The molecule has 1 saturated heterocycles. The van der Waals surface area contributed by atoms with Crippen LogP contribution in [0.4, 0.5) is 0 Å². The summed E-state index contributed by atoms with van der Waals surface area (Å²) in [6.07, 6.45) is 10.2. The molecule has 0 aliphatic carbocycles. The Bertz CT molecular complexity index is 1030. The molecule has 0 spiro atoms. The number of piperidine rings is 1. The zero-order valence-electron chi connectivity index (χ0n) is 15.8. The molecule has 28 heavy (non-hydrogen) atoms. The molecule has 4 heterocycles. The Balaban J connectivity index is 1.40. The van der Waals surface area contributed by atoms with Gasteiger partial charge in [0.1, 0.15) is 0 Å². The molecule has 5 rings (SSSR count). The Morgan fingerprint density at radius 3 is 2.93 bits per heavy atom. The number of benzene rings is 1. The number of aryl methyl sites for hydroxylation is 1. The van der Waals surface area contributed by atoms with E-state index < -0.39 is 0 Å². The molecule has 144 valence electrons. The molecule has 5 nitrogen and oxygen atoms in total. The minimum atomic E-state index is 0.0591. The molecule has 3 aliphatic rings. The molecular formula is C21H23N4OPS. The number of thiazole rings is 1. The van der Waals surface area contributed by atoms with Gasteiger partial charge in [-0.25, -0.2) is 4.98 Å². The molecule has 2 aromatic rings. The summed E-state index contributed by atoms with van der Waals surface area (Å²) < 4.78 is 1.19. The molecule has 0 radical (unpaired) electrons. The van der Waals surface area contributed by atoms with Crippen molar-refractivity contribution >= 4 is 41.4 Å². The Morgan fingerprint density at radius 1 is 1.29 bits per heavy atom. The van der Waals surface area contributed by atoms with Crippen LogP contribution in [0.5, 0.6) is 0 Å². The molecule has 2 unspecified atom stereocenters. The second kappa shape index (κ2) is 7.11. The Labute approximate surface area is 170 Å². The predicted molar refractivity (Wildman–Crippen MR) is 117 cm³/mol. The quantitative estimate of drug-likeness (QED) is 0.768. The van der Waals surface area contributed by atoms with E-state index >= 15 is 0 Å². The standard InChI is InChI=1S/C21H23N4OPS/c1-13-23-17-10-14(2-4-19(17)28-13)18-11-20(26)25-12-16(3-5-21(25)27-18)24-8-6-15(22)7-9-24/h2-5,10-12,15,21,27H,6-9,22H2,1H3. The SMILES string of the molecule is Cc1nc2cc(C3=CC(=O)N4C=C(N5CCC(N)CC5)C=CC4P3)ccc2s1. The van der Waals surface area contributed by atoms with Gasteiger partial charge >= 0.3 is 0 Å². The first-order valence-corrected chi connectivity index (χ1v) is 11.5. The van der Waals surface area contributed by atoms with Crippen LogP contribution in [0.15, 0.2) is 48.3 Å². The molecular weight excluding hydrogens is 387 g/mol. The van der Waals surface area contributed by atoms with E-state index in [2.05, 4.69) is 40.2 Å². The lowest BCUT2D eigenvalue weighted by Crippen LogP contribution is -2.42. The van der Waals surface area contributed by atoms with Crippen molar-refractivity contribution in [3.8, 4) is 0 Å². The highest BCUT2D eigenvalue weighted by Crippen LogP contribution is 2.45. The van der Waals surface area contributed by atoms with Crippen LogP contribution in [-0.2, 0) is 4.79 Å². The van der Waals surface area contributed by atoms with Crippen LogP contribution in [0.2, 0.25) is 0 Å². The Kier molecular flexibility index (Phi) is 4.58. The second-order valence-corrected chi connectivity index (χ2v) is 10.2. The number of nitrogens with zero attached hydrogens (tertiary/aromatic N) is 3. The molecule has 1 fully saturated rings. The summed E-state index contributed by atoms with van der Waals surface area (Å²) in [7, 11) is 0.530. The summed E-state index contributed by atoms with van der Waals surface area (Å²) in [5, 5.41) is 2.19. The second-order valence-electron chi connectivity index (χ2n) is 7.55. The highest BCUT2D eigenvalue weighted by atomic mass is 32.1. The highest BCUT2D eigenvalue weighted by Gasteiger charge is 2.30. The predicted octanol–water partition coefficient (Wildman–Crippen LogP) is 3.63. The monoisotopic (exact) mass is 410 g/mol. The number of allylic oxidation sites excluding steroid dienone is 1. The van der Waals surface area contributed by atoms with Crippen molar-refractivity contribution in [2.45, 2.75) is 31.6 Å². The maximum absolute atomic E-state index is 12.9. The van der Waals surface area contributed by atoms with E-state index in [1.54, 1.807) is 17.4 Å². The van der Waals surface area contributed by atoms with Crippen LogP contribution < -0.4 is 5.73 Å². The summed E-state index contributed by atoms with van der Waals surface area (Å²) >= 11 is 1.71. The van der Waals surface area contributed by atoms with Crippen LogP contribution in [-0.4, -0.2) is 45.6 Å². The van der Waals surface area contributed by atoms with Gasteiger partial charge in [-0.1, -0.05) is 20.7 Å². The zero-order chi connectivity index (χ0) is 19.3. The largest absolute Gasteiger partial charge is 0.370 e. The minimum Gasteiger partial charge on any atom is -0.370 e. The van der Waals surface area contributed by atoms with Gasteiger partial charge < -0.3 is 15.5 Å². The average Bonchev–Trinajstić information content (AvgIpc) is 3.07. The van der Waals surface area contributed by atoms with Gasteiger partial charge in [-0.3, -0.25) is 4.79 Å². The molecule has 0 bridgehead atoms. The van der Waals surface area contributed by atoms with Crippen molar-refractivity contribution in [2.75, 3.05) is 13.1 Å². The fourth-order valence-electron chi connectivity index (χ4n) is 3.99. The Hall–Kier alpha value is -2.01. The molecule has 0 saturated carbocycles. The Morgan fingerprint density at radius 2 is 2.11 bits per heavy atom. The van der Waals surface area contributed by atoms with Crippen LogP contribution in [0.1, 0.15) is 23.4 Å². The van der Waals surface area contributed by atoms with Gasteiger partial charge in [-0.05, 0) is 48.9 Å². The lowest BCUT2D eigenvalue weighted by atomic mass is 10.1. The number of aromatic nitrogens is 1. The number of likely N-dealkylation sites (tertiary alicyclic amines) is 1. The first kappa shape index (κ1) is 18.0. The minimum absolute atomic E-state index is 0.0591. The van der Waals surface area contributed by atoms with Crippen molar-refractivity contribution in [1.29, 1.82) is 0 Å². The van der Waals surface area contributed by atoms with E-state index in [1.165, 1.54) is 4.70 Å². The first-order valence-electron chi connectivity index (χ1n) is 9.65. The fourth-order valence-corrected chi connectivity index (χ4v) is 6.18. The number of nitrogens with two attached hydrogens (primary N) is 1. The number of hydrogen-bond donors (Lipinski definition) is 1. The summed E-state index contributed by atoms with van der Waals surface area (Å²) in [6, 6.07) is 6.66. The van der Waals surface area contributed by atoms with Crippen molar-refractivity contribution in [2.24, 2.45) is 5.73 Å². The number of fused-ring (bicyclic) bond motifs is 2. The third kappa shape index (κ3) is 3.30. The topological polar surface area (TPSA) is 62.5 Å². The molecule has 1 aromatic carbocycles. The molecule has 7 heteroatoms. The summed E-state index contributed by atoms with van der Waals surface area (Å²) in [4.78, 5) is 21.7. The van der Waals surface area contributed by atoms with E-state index in [-0.39, 0.29) is 11.7 Å². The number of hydrogen-bond acceptors (Lipinski definition) is 5. The summed E-state index contributed by atoms with van der Waals surface area (Å²) in [6.45, 7) is 3.95. The zero-order valence-corrected chi connectivity index (χ0v) is 17.6. The number of rotatable bonds is 2. The lowest BCUT2D eigenvalue weighted by Gasteiger charge is -2.38. The number of carbonyl (C=O) groups is 1. The van der Waals surface area contributed by atoms with Gasteiger partial charge in [0.2, 0.25) is 0 Å². The van der Waals surface area contributed by atoms with Crippen LogP contribution in [0.3, 0.4) is 0 Å². The van der Waals surface area contributed by atoms with Crippen molar-refractivity contribution in [3.05, 3.63) is 58.9 Å². The van der Waals surface area contributed by atoms with Crippen LogP contribution >= 0.6 is 19.9 Å². The third-order valence-corrected chi connectivity index (χ3v) is 8.02. The smallest absolute Gasteiger partial charge is 0.252 e. The van der Waals surface area contributed by atoms with E-state index in [0.29, 0.717) is 14.6 Å². The average molecular weight is 410 g/mol. The van der Waals surface area contributed by atoms with Crippen molar-refractivity contribution in [1.82, 2.24) is 14.8 Å². The van der Waals surface area contributed by atoms with Crippen LogP contribution in [0, 0.1) is 6.92 Å². The molecule has 1 aromatic heterocycles. The first-order chi connectivity index (χ1) is 13.6. The lowest BCUT2D eigenvalue weighted by molar-refractivity contribution is -0.123. The maximum Gasteiger partial charge on any atom is 0.252 e. The van der Waals surface area contributed by atoms with Crippen molar-refractivity contribution in [3.63, 3.8) is 0 Å². The molecule has 2 N–H and O–H groups in total. The van der Waals surface area contributed by atoms with E-state index in [9.17, 15) is 4.79 Å². The maximum atomic E-state index is 12.9. The number of amides is 1. The van der Waals surface area contributed by atoms with E-state index in [1.807, 2.05) is 18.0 Å².